The molecule has 0 radical (unpaired) electrons. The van der Waals surface area contributed by atoms with Crippen LogP contribution in [0.1, 0.15) is 59.8 Å². The van der Waals surface area contributed by atoms with Gasteiger partial charge in [-0.3, -0.25) is 14.9 Å². The van der Waals surface area contributed by atoms with E-state index in [2.05, 4.69) is 25.6 Å². The third kappa shape index (κ3) is 7.78. The number of unbranched alkanes of at least 4 members (excludes halogenated alkanes) is 1. The molecular weight excluding hydrogens is 418 g/mol. The lowest BCUT2D eigenvalue weighted by Gasteiger charge is -2.19. The number of hydrogen-bond acceptors (Lipinski definition) is 9. The van der Waals surface area contributed by atoms with Gasteiger partial charge in [0.1, 0.15) is 11.4 Å². The molecule has 0 fully saturated rings. The van der Waals surface area contributed by atoms with Crippen LogP contribution in [0.5, 0.6) is 0 Å². The van der Waals surface area contributed by atoms with Gasteiger partial charge in [0.15, 0.2) is 5.52 Å². The van der Waals surface area contributed by atoms with E-state index >= 15 is 0 Å². The number of amides is 1. The highest BCUT2D eigenvalue weighted by molar-refractivity contribution is 5.93. The monoisotopic (exact) mass is 449 g/mol. The van der Waals surface area contributed by atoms with Crippen LogP contribution in [-0.2, 0) is 9.53 Å². The number of nitrogens with one attached hydrogen (secondary N) is 2. The van der Waals surface area contributed by atoms with E-state index in [1.54, 1.807) is 6.07 Å². The lowest BCUT2D eigenvalue weighted by Crippen LogP contribution is -2.33. The molecular formula is C21H31N5O6. The van der Waals surface area contributed by atoms with Crippen LogP contribution in [0.4, 0.5) is 16.2 Å². The van der Waals surface area contributed by atoms with Gasteiger partial charge in [0, 0.05) is 31.5 Å². The molecule has 32 heavy (non-hydrogen) atoms. The molecule has 2 aromatic rings. The zero-order valence-corrected chi connectivity index (χ0v) is 19.0. The maximum Gasteiger partial charge on any atom is 0.407 e. The molecule has 0 unspecified atom stereocenters. The molecule has 1 aromatic carbocycles. The first-order chi connectivity index (χ1) is 15.1. The van der Waals surface area contributed by atoms with Crippen molar-refractivity contribution in [1.29, 1.82) is 0 Å². The Kier molecular flexibility index (Phi) is 8.91. The van der Waals surface area contributed by atoms with Crippen LogP contribution in [0.3, 0.4) is 0 Å². The zero-order valence-electron chi connectivity index (χ0n) is 19.0. The Hall–Kier alpha value is -3.24. The third-order valence-corrected chi connectivity index (χ3v) is 4.79. The molecule has 1 aromatic heterocycles. The van der Waals surface area contributed by atoms with Gasteiger partial charge in [-0.15, -0.1) is 0 Å². The molecule has 0 saturated heterocycles. The van der Waals surface area contributed by atoms with Gasteiger partial charge in [0.2, 0.25) is 5.52 Å². The fraction of sp³-hybridized carbons (Fsp3) is 0.619. The highest BCUT2D eigenvalue weighted by Gasteiger charge is 2.20. The van der Waals surface area contributed by atoms with Crippen molar-refractivity contribution in [2.75, 3.05) is 18.4 Å². The van der Waals surface area contributed by atoms with Crippen molar-refractivity contribution in [2.45, 2.75) is 65.4 Å². The fourth-order valence-corrected chi connectivity index (χ4v) is 3.12. The van der Waals surface area contributed by atoms with E-state index in [1.165, 1.54) is 6.07 Å². The molecule has 1 atom stereocenters. The minimum atomic E-state index is -0.538. The Bertz CT molecular complexity index is 936. The molecule has 2 N–H and O–H groups in total. The van der Waals surface area contributed by atoms with Crippen molar-refractivity contribution in [1.82, 2.24) is 15.6 Å². The summed E-state index contributed by atoms with van der Waals surface area (Å²) < 4.78 is 9.81. The quantitative estimate of drug-likeness (QED) is 0.276. The Balaban J connectivity index is 1.64. The highest BCUT2D eigenvalue weighted by atomic mass is 16.6. The van der Waals surface area contributed by atoms with Crippen molar-refractivity contribution < 1.29 is 23.9 Å². The van der Waals surface area contributed by atoms with E-state index in [-0.39, 0.29) is 22.9 Å². The number of rotatable bonds is 12. The van der Waals surface area contributed by atoms with Crippen LogP contribution in [0, 0.1) is 16.0 Å². The van der Waals surface area contributed by atoms with Crippen molar-refractivity contribution >= 4 is 34.3 Å². The smallest absolute Gasteiger partial charge is 0.407 e. The van der Waals surface area contributed by atoms with E-state index in [0.29, 0.717) is 37.1 Å². The molecule has 0 bridgehead atoms. The minimum absolute atomic E-state index is 0.0534. The summed E-state index contributed by atoms with van der Waals surface area (Å²) in [7, 11) is 0. The first-order valence-corrected chi connectivity index (χ1v) is 10.7. The summed E-state index contributed by atoms with van der Waals surface area (Å²) in [4.78, 5) is 34.4. The van der Waals surface area contributed by atoms with Crippen LogP contribution in [0.2, 0.25) is 0 Å². The maximum atomic E-state index is 12.3. The Morgan fingerprint density at radius 1 is 1.16 bits per heavy atom. The predicted octanol–water partition coefficient (Wildman–Crippen LogP) is 4.22. The van der Waals surface area contributed by atoms with Crippen LogP contribution >= 0.6 is 0 Å². The number of ketones is 1. The lowest BCUT2D eigenvalue weighted by atomic mass is 9.96. The number of carbonyl (C=O) groups excluding carboxylic acids is 2. The number of alkyl carbamates (subject to hydrolysis) is 1. The van der Waals surface area contributed by atoms with Crippen molar-refractivity contribution in [3.8, 4) is 0 Å². The topological polar surface area (TPSA) is 149 Å². The number of nitrogens with zero attached hydrogens (tertiary/aromatic N) is 3. The van der Waals surface area contributed by atoms with Crippen LogP contribution in [0.25, 0.3) is 11.0 Å². The summed E-state index contributed by atoms with van der Waals surface area (Å²) in [5.74, 6) is 0.131. The molecule has 0 aliphatic rings. The van der Waals surface area contributed by atoms with Gasteiger partial charge < -0.3 is 15.4 Å². The van der Waals surface area contributed by atoms with Gasteiger partial charge in [-0.2, -0.15) is 0 Å². The molecule has 0 saturated carbocycles. The van der Waals surface area contributed by atoms with Crippen molar-refractivity contribution in [2.24, 2.45) is 5.92 Å². The number of carbonyl (C=O) groups is 2. The maximum absolute atomic E-state index is 12.3. The molecule has 2 rings (SSSR count). The van der Waals surface area contributed by atoms with Gasteiger partial charge in [-0.25, -0.2) is 9.42 Å². The molecule has 0 spiro atoms. The first-order valence-electron chi connectivity index (χ1n) is 10.7. The van der Waals surface area contributed by atoms with Gasteiger partial charge in [0.25, 0.3) is 0 Å². The number of nitro groups is 1. The first kappa shape index (κ1) is 25.0. The van der Waals surface area contributed by atoms with E-state index in [0.717, 1.165) is 19.3 Å². The number of benzene rings is 1. The van der Waals surface area contributed by atoms with E-state index in [1.807, 2.05) is 27.7 Å². The van der Waals surface area contributed by atoms with Crippen molar-refractivity contribution in [3.05, 3.63) is 22.2 Å². The molecule has 176 valence electrons. The van der Waals surface area contributed by atoms with Gasteiger partial charge >= 0.3 is 11.8 Å². The number of Topliss-reactive ketones (excluding diaryl/α,β-unsaturated/α-hetero) is 1. The molecule has 11 heteroatoms. The second kappa shape index (κ2) is 11.4. The molecule has 1 heterocycles. The van der Waals surface area contributed by atoms with Gasteiger partial charge in [0.05, 0.1) is 10.6 Å². The Morgan fingerprint density at radius 3 is 2.56 bits per heavy atom. The summed E-state index contributed by atoms with van der Waals surface area (Å²) in [5, 5.41) is 24.2. The summed E-state index contributed by atoms with van der Waals surface area (Å²) in [6.45, 7) is 8.38. The highest BCUT2D eigenvalue weighted by Crippen LogP contribution is 2.28. The summed E-state index contributed by atoms with van der Waals surface area (Å²) >= 11 is 0. The summed E-state index contributed by atoms with van der Waals surface area (Å²) in [5.41, 5.74) is 0.266. The van der Waals surface area contributed by atoms with Crippen LogP contribution in [-0.4, -0.2) is 45.8 Å². The molecule has 0 aliphatic heterocycles. The number of non-ortho nitro benzene ring substituents is 1. The number of nitro benzene ring substituents is 1. The largest absolute Gasteiger partial charge is 0.444 e. The van der Waals surface area contributed by atoms with Crippen molar-refractivity contribution in [3.63, 3.8) is 0 Å². The fourth-order valence-electron chi connectivity index (χ4n) is 3.12. The molecule has 0 aliphatic carbocycles. The minimum Gasteiger partial charge on any atom is -0.444 e. The summed E-state index contributed by atoms with van der Waals surface area (Å²) in [6, 6.07) is 2.90. The van der Waals surface area contributed by atoms with E-state index < -0.39 is 16.6 Å². The van der Waals surface area contributed by atoms with Gasteiger partial charge in [-0.05, 0) is 56.4 Å². The number of anilines is 1. The Morgan fingerprint density at radius 2 is 1.88 bits per heavy atom. The summed E-state index contributed by atoms with van der Waals surface area (Å²) in [6.07, 6.45) is 2.99. The molecule has 11 nitrogen and oxygen atoms in total. The standard InChI is InChI=1S/C21H31N5O6/c1-14(8-5-6-12-23-20(28)31-21(2,3)4)17(27)9-7-13-22-15-10-11-16(26(29)30)19-18(15)24-32-25-19/h10-11,14,22H,5-9,12-13H2,1-4H3,(H,23,28)/t14-/m0/s1. The number of fused-ring (bicyclic) bond motifs is 1. The second-order valence-corrected chi connectivity index (χ2v) is 8.67. The van der Waals surface area contributed by atoms with Crippen LogP contribution in [0.15, 0.2) is 16.8 Å². The lowest BCUT2D eigenvalue weighted by molar-refractivity contribution is -0.383. The number of hydrogen-bond donors (Lipinski definition) is 2. The van der Waals surface area contributed by atoms with E-state index in [4.69, 9.17) is 4.74 Å². The molecule has 1 amide bonds. The average Bonchev–Trinajstić information content (AvgIpc) is 3.19. The second-order valence-electron chi connectivity index (χ2n) is 8.67. The zero-order chi connectivity index (χ0) is 23.7. The number of ether oxygens (including phenoxy) is 1. The predicted molar refractivity (Wildman–Crippen MR) is 118 cm³/mol. The number of aromatic nitrogens is 2. The normalized spacial score (nSPS) is 12.4. The Labute approximate surface area is 186 Å². The van der Waals surface area contributed by atoms with Gasteiger partial charge in [-0.1, -0.05) is 13.3 Å². The third-order valence-electron chi connectivity index (χ3n) is 4.79. The van der Waals surface area contributed by atoms with Crippen LogP contribution < -0.4 is 10.6 Å². The SMILES string of the molecule is C[C@@H](CCCCNC(=O)OC(C)(C)C)C(=O)CCCNc1ccc([N+](=O)[O-])c2nonc12. The average molecular weight is 450 g/mol. The van der Waals surface area contributed by atoms with E-state index in [9.17, 15) is 19.7 Å².